The van der Waals surface area contributed by atoms with Gasteiger partial charge in [0.1, 0.15) is 0 Å². The summed E-state index contributed by atoms with van der Waals surface area (Å²) in [6.07, 6.45) is -0.762. The van der Waals surface area contributed by atoms with Gasteiger partial charge < -0.3 is 26.5 Å². The van der Waals surface area contributed by atoms with Crippen molar-refractivity contribution >= 4 is 5.84 Å². The van der Waals surface area contributed by atoms with Gasteiger partial charge in [-0.05, 0) is 11.6 Å². The maximum atomic E-state index is 9.13. The number of nitrogens with two attached hydrogens (primary N) is 1. The van der Waals surface area contributed by atoms with Crippen LogP contribution in [0.25, 0.3) is 0 Å². The van der Waals surface area contributed by atoms with E-state index in [1.54, 1.807) is 18.2 Å². The number of aliphatic hydroxyl groups excluding tert-OH is 2. The largest absolute Gasteiger partial charge is 0.409 e. The lowest BCUT2D eigenvalue weighted by Crippen LogP contribution is -2.29. The zero-order valence-electron chi connectivity index (χ0n) is 9.37. The fourth-order valence-electron chi connectivity index (χ4n) is 1.35. The quantitative estimate of drug-likeness (QED) is 0.194. The first kappa shape index (κ1) is 13.4. The topological polar surface area (TPSA) is 111 Å². The molecule has 0 amide bonds. The molecule has 0 bridgehead atoms. The maximum Gasteiger partial charge on any atom is 0.170 e. The Balaban J connectivity index is 2.54. The molecular formula is C11H17N3O3. The molecule has 6 nitrogen and oxygen atoms in total. The van der Waals surface area contributed by atoms with Crippen molar-refractivity contribution in [1.29, 1.82) is 0 Å². The Morgan fingerprint density at radius 2 is 2.24 bits per heavy atom. The molecular weight excluding hydrogens is 222 g/mol. The SMILES string of the molecule is NC(=NO)c1cccc(CNCC(O)CO)c1. The summed E-state index contributed by atoms with van der Waals surface area (Å²) in [5, 5.41) is 32.2. The number of nitrogens with one attached hydrogen (secondary N) is 1. The number of benzene rings is 1. The van der Waals surface area contributed by atoms with Crippen LogP contribution in [0.4, 0.5) is 0 Å². The molecule has 1 unspecified atom stereocenters. The smallest absolute Gasteiger partial charge is 0.170 e. The van der Waals surface area contributed by atoms with Gasteiger partial charge in [0.05, 0.1) is 12.7 Å². The van der Waals surface area contributed by atoms with E-state index >= 15 is 0 Å². The van der Waals surface area contributed by atoms with Gasteiger partial charge in [-0.2, -0.15) is 0 Å². The molecule has 0 heterocycles. The van der Waals surface area contributed by atoms with Gasteiger partial charge in [-0.25, -0.2) is 0 Å². The zero-order valence-corrected chi connectivity index (χ0v) is 9.37. The van der Waals surface area contributed by atoms with Crippen LogP contribution in [0.3, 0.4) is 0 Å². The highest BCUT2D eigenvalue weighted by Crippen LogP contribution is 2.04. The van der Waals surface area contributed by atoms with Crippen molar-refractivity contribution in [2.24, 2.45) is 10.9 Å². The van der Waals surface area contributed by atoms with E-state index in [-0.39, 0.29) is 12.4 Å². The van der Waals surface area contributed by atoms with E-state index in [0.717, 1.165) is 5.56 Å². The summed E-state index contributed by atoms with van der Waals surface area (Å²) in [6.45, 7) is 0.574. The highest BCUT2D eigenvalue weighted by Gasteiger charge is 2.02. The summed E-state index contributed by atoms with van der Waals surface area (Å²) >= 11 is 0. The number of hydrogen-bond donors (Lipinski definition) is 5. The van der Waals surface area contributed by atoms with Crippen LogP contribution in [0.5, 0.6) is 0 Å². The Kier molecular flexibility index (Phi) is 5.41. The molecule has 0 aliphatic heterocycles. The Morgan fingerprint density at radius 3 is 2.88 bits per heavy atom. The van der Waals surface area contributed by atoms with Crippen LogP contribution >= 0.6 is 0 Å². The van der Waals surface area contributed by atoms with Gasteiger partial charge in [0, 0.05) is 18.7 Å². The minimum atomic E-state index is -0.762. The van der Waals surface area contributed by atoms with Gasteiger partial charge in [-0.1, -0.05) is 23.4 Å². The molecule has 0 aromatic heterocycles. The molecule has 17 heavy (non-hydrogen) atoms. The third-order valence-electron chi connectivity index (χ3n) is 2.25. The monoisotopic (exact) mass is 239 g/mol. The Morgan fingerprint density at radius 1 is 1.47 bits per heavy atom. The van der Waals surface area contributed by atoms with Gasteiger partial charge in [-0.3, -0.25) is 0 Å². The van der Waals surface area contributed by atoms with E-state index in [2.05, 4.69) is 10.5 Å². The molecule has 1 atom stereocenters. The molecule has 0 saturated carbocycles. The summed E-state index contributed by atoms with van der Waals surface area (Å²) in [7, 11) is 0. The second-order valence-electron chi connectivity index (χ2n) is 3.65. The van der Waals surface area contributed by atoms with Crippen molar-refractivity contribution in [3.8, 4) is 0 Å². The third-order valence-corrected chi connectivity index (χ3v) is 2.25. The minimum absolute atomic E-state index is 0.0576. The number of aliphatic hydroxyl groups is 2. The van der Waals surface area contributed by atoms with Crippen molar-refractivity contribution in [3.05, 3.63) is 35.4 Å². The molecule has 6 heteroatoms. The van der Waals surface area contributed by atoms with E-state index < -0.39 is 6.10 Å². The van der Waals surface area contributed by atoms with Crippen molar-refractivity contribution in [2.45, 2.75) is 12.6 Å². The minimum Gasteiger partial charge on any atom is -0.409 e. The van der Waals surface area contributed by atoms with Gasteiger partial charge in [0.2, 0.25) is 0 Å². The highest BCUT2D eigenvalue weighted by atomic mass is 16.4. The van der Waals surface area contributed by atoms with Crippen molar-refractivity contribution < 1.29 is 15.4 Å². The van der Waals surface area contributed by atoms with E-state index in [1.165, 1.54) is 0 Å². The predicted octanol–water partition coefficient (Wildman–Crippen LogP) is -0.776. The van der Waals surface area contributed by atoms with E-state index in [1.807, 2.05) is 6.07 Å². The first-order chi connectivity index (χ1) is 8.17. The molecule has 1 aromatic carbocycles. The van der Waals surface area contributed by atoms with Gasteiger partial charge in [-0.15, -0.1) is 0 Å². The third kappa shape index (κ3) is 4.39. The van der Waals surface area contributed by atoms with Gasteiger partial charge >= 0.3 is 0 Å². The molecule has 1 aromatic rings. The second-order valence-corrected chi connectivity index (χ2v) is 3.65. The van der Waals surface area contributed by atoms with E-state index in [4.69, 9.17) is 21.2 Å². The Labute approximate surface area is 99.4 Å². The van der Waals surface area contributed by atoms with Gasteiger partial charge in [0.15, 0.2) is 5.84 Å². The van der Waals surface area contributed by atoms with Crippen LogP contribution < -0.4 is 11.1 Å². The summed E-state index contributed by atoms with van der Waals surface area (Å²) < 4.78 is 0. The second kappa shape index (κ2) is 6.85. The van der Waals surface area contributed by atoms with Gasteiger partial charge in [0.25, 0.3) is 0 Å². The number of rotatable bonds is 6. The van der Waals surface area contributed by atoms with E-state index in [9.17, 15) is 0 Å². The molecule has 0 fully saturated rings. The lowest BCUT2D eigenvalue weighted by molar-refractivity contribution is 0.0942. The molecule has 94 valence electrons. The molecule has 0 spiro atoms. The van der Waals surface area contributed by atoms with Crippen molar-refractivity contribution in [3.63, 3.8) is 0 Å². The Bertz CT molecular complexity index is 382. The standard InChI is InChI=1S/C11H17N3O3/c12-11(14-17)9-3-1-2-8(4-9)5-13-6-10(16)7-15/h1-4,10,13,15-17H,5-7H2,(H2,12,14). The fourth-order valence-corrected chi connectivity index (χ4v) is 1.35. The fraction of sp³-hybridized carbons (Fsp3) is 0.364. The average Bonchev–Trinajstić information content (AvgIpc) is 2.38. The Hall–Kier alpha value is -1.63. The maximum absolute atomic E-state index is 9.13. The lowest BCUT2D eigenvalue weighted by Gasteiger charge is -2.09. The number of amidine groups is 1. The number of oxime groups is 1. The van der Waals surface area contributed by atoms with E-state index in [0.29, 0.717) is 18.7 Å². The summed E-state index contributed by atoms with van der Waals surface area (Å²) in [5.74, 6) is 0.0576. The summed E-state index contributed by atoms with van der Waals surface area (Å²) in [6, 6.07) is 7.20. The predicted molar refractivity (Wildman–Crippen MR) is 63.8 cm³/mol. The first-order valence-corrected chi connectivity index (χ1v) is 5.24. The molecule has 0 saturated heterocycles. The molecule has 0 aliphatic rings. The van der Waals surface area contributed by atoms with Crippen LogP contribution in [-0.4, -0.2) is 40.5 Å². The molecule has 0 aliphatic carbocycles. The normalized spacial score (nSPS) is 13.6. The van der Waals surface area contributed by atoms with Crippen molar-refractivity contribution in [1.82, 2.24) is 5.32 Å². The number of nitrogens with zero attached hydrogens (tertiary/aromatic N) is 1. The molecule has 0 radical (unpaired) electrons. The average molecular weight is 239 g/mol. The highest BCUT2D eigenvalue weighted by molar-refractivity contribution is 5.97. The zero-order chi connectivity index (χ0) is 12.7. The van der Waals surface area contributed by atoms with Crippen molar-refractivity contribution in [2.75, 3.05) is 13.2 Å². The summed E-state index contributed by atoms with van der Waals surface area (Å²) in [5.41, 5.74) is 7.05. The molecule has 6 N–H and O–H groups in total. The van der Waals surface area contributed by atoms with Crippen LogP contribution in [-0.2, 0) is 6.54 Å². The molecule has 1 rings (SSSR count). The first-order valence-electron chi connectivity index (χ1n) is 5.24. The van der Waals surface area contributed by atoms with Crippen LogP contribution in [0.2, 0.25) is 0 Å². The number of hydrogen-bond acceptors (Lipinski definition) is 5. The van der Waals surface area contributed by atoms with Crippen LogP contribution in [0, 0.1) is 0 Å². The van der Waals surface area contributed by atoms with Crippen LogP contribution in [0.15, 0.2) is 29.4 Å². The summed E-state index contributed by atoms with van der Waals surface area (Å²) in [4.78, 5) is 0. The lowest BCUT2D eigenvalue weighted by atomic mass is 10.1. The van der Waals surface area contributed by atoms with Crippen LogP contribution in [0.1, 0.15) is 11.1 Å².